The summed E-state index contributed by atoms with van der Waals surface area (Å²) < 4.78 is 6.03. The van der Waals surface area contributed by atoms with Crippen LogP contribution in [-0.2, 0) is 4.79 Å². The monoisotopic (exact) mass is 326 g/mol. The lowest BCUT2D eigenvalue weighted by Crippen LogP contribution is -2.34. The quantitative estimate of drug-likeness (QED) is 0.381. The molecule has 76 valence electrons. The summed E-state index contributed by atoms with van der Waals surface area (Å²) in [5.41, 5.74) is 1.97. The van der Waals surface area contributed by atoms with E-state index in [1.807, 2.05) is 5.43 Å². The minimum Gasteiger partial charge on any atom is -0.483 e. The highest BCUT2D eigenvalue weighted by molar-refractivity contribution is 14.1. The number of rotatable bonds is 3. The molecule has 0 unspecified atom stereocenters. The van der Waals surface area contributed by atoms with Gasteiger partial charge in [-0.3, -0.25) is 10.2 Å². The Hall–Kier alpha value is -0.530. The Kier molecular flexibility index (Phi) is 4.43. The molecule has 0 radical (unpaired) electrons. The number of carbonyl (C=O) groups is 1. The van der Waals surface area contributed by atoms with Crippen LogP contribution in [0.3, 0.4) is 0 Å². The highest BCUT2D eigenvalue weighted by atomic mass is 127. The van der Waals surface area contributed by atoms with Crippen molar-refractivity contribution < 1.29 is 9.53 Å². The van der Waals surface area contributed by atoms with E-state index in [1.54, 1.807) is 18.2 Å². The lowest BCUT2D eigenvalue weighted by molar-refractivity contribution is -0.123. The molecule has 0 saturated heterocycles. The number of benzene rings is 1. The Labute approximate surface area is 99.9 Å². The lowest BCUT2D eigenvalue weighted by atomic mass is 10.3. The van der Waals surface area contributed by atoms with E-state index in [1.165, 1.54) is 0 Å². The summed E-state index contributed by atoms with van der Waals surface area (Å²) in [4.78, 5) is 10.8. The first-order valence-corrected chi connectivity index (χ1v) is 5.16. The molecule has 1 aromatic carbocycles. The van der Waals surface area contributed by atoms with Gasteiger partial charge in [-0.2, -0.15) is 0 Å². The van der Waals surface area contributed by atoms with Crippen molar-refractivity contribution in [2.75, 3.05) is 6.61 Å². The van der Waals surface area contributed by atoms with E-state index in [9.17, 15) is 4.79 Å². The number of hydrogen-bond donors (Lipinski definition) is 2. The van der Waals surface area contributed by atoms with E-state index >= 15 is 0 Å². The van der Waals surface area contributed by atoms with Crippen LogP contribution in [-0.4, -0.2) is 12.5 Å². The largest absolute Gasteiger partial charge is 0.483 e. The Morgan fingerprint density at radius 2 is 2.36 bits per heavy atom. The van der Waals surface area contributed by atoms with Crippen molar-refractivity contribution in [1.29, 1.82) is 0 Å². The first kappa shape index (κ1) is 11.5. The SMILES string of the molecule is NNC(=O)COc1ccc(Cl)cc1I. The van der Waals surface area contributed by atoms with Crippen LogP contribution in [0.1, 0.15) is 0 Å². The van der Waals surface area contributed by atoms with Crippen LogP contribution in [0.4, 0.5) is 0 Å². The Balaban J connectivity index is 2.63. The first-order valence-electron chi connectivity index (χ1n) is 3.71. The molecule has 1 aromatic rings. The van der Waals surface area contributed by atoms with Crippen LogP contribution < -0.4 is 16.0 Å². The topological polar surface area (TPSA) is 64.3 Å². The highest BCUT2D eigenvalue weighted by Gasteiger charge is 2.04. The van der Waals surface area contributed by atoms with Crippen LogP contribution in [0.2, 0.25) is 5.02 Å². The molecule has 14 heavy (non-hydrogen) atoms. The maximum atomic E-state index is 10.8. The van der Waals surface area contributed by atoms with Crippen molar-refractivity contribution in [2.45, 2.75) is 0 Å². The second-order valence-electron chi connectivity index (χ2n) is 2.43. The minimum absolute atomic E-state index is 0.103. The number of halogens is 2. The molecule has 0 aliphatic carbocycles. The second kappa shape index (κ2) is 5.38. The van der Waals surface area contributed by atoms with Gasteiger partial charge in [0.25, 0.3) is 5.91 Å². The van der Waals surface area contributed by atoms with Crippen LogP contribution in [0, 0.1) is 3.57 Å². The van der Waals surface area contributed by atoms with Crippen LogP contribution in [0.5, 0.6) is 5.75 Å². The molecule has 1 rings (SSSR count). The third-order valence-corrected chi connectivity index (χ3v) is 2.49. The van der Waals surface area contributed by atoms with Gasteiger partial charge in [-0.25, -0.2) is 5.84 Å². The maximum Gasteiger partial charge on any atom is 0.271 e. The zero-order chi connectivity index (χ0) is 10.6. The fourth-order valence-electron chi connectivity index (χ4n) is 0.777. The first-order chi connectivity index (χ1) is 6.63. The maximum absolute atomic E-state index is 10.8. The normalized spacial score (nSPS) is 9.64. The van der Waals surface area contributed by atoms with Crippen molar-refractivity contribution in [1.82, 2.24) is 5.43 Å². The minimum atomic E-state index is -0.379. The van der Waals surface area contributed by atoms with E-state index in [2.05, 4.69) is 22.6 Å². The van der Waals surface area contributed by atoms with Gasteiger partial charge in [0.2, 0.25) is 0 Å². The second-order valence-corrected chi connectivity index (χ2v) is 4.03. The molecule has 0 heterocycles. The molecule has 0 aliphatic rings. The van der Waals surface area contributed by atoms with Crippen molar-refractivity contribution in [3.05, 3.63) is 26.8 Å². The summed E-state index contributed by atoms with van der Waals surface area (Å²) in [7, 11) is 0. The molecular weight excluding hydrogens is 318 g/mol. The van der Waals surface area contributed by atoms with Gasteiger partial charge >= 0.3 is 0 Å². The molecule has 0 aromatic heterocycles. The molecule has 0 bridgehead atoms. The van der Waals surface area contributed by atoms with E-state index in [-0.39, 0.29) is 12.5 Å². The predicted octanol–water partition coefficient (Wildman–Crippen LogP) is 1.31. The summed E-state index contributed by atoms with van der Waals surface area (Å²) in [5.74, 6) is 5.13. The van der Waals surface area contributed by atoms with Gasteiger partial charge < -0.3 is 4.74 Å². The van der Waals surface area contributed by atoms with E-state index in [0.29, 0.717) is 10.8 Å². The number of amides is 1. The van der Waals surface area contributed by atoms with Crippen LogP contribution in [0.15, 0.2) is 18.2 Å². The van der Waals surface area contributed by atoms with Crippen molar-refractivity contribution in [3.8, 4) is 5.75 Å². The number of carbonyl (C=O) groups excluding carboxylic acids is 1. The fraction of sp³-hybridized carbons (Fsp3) is 0.125. The average molecular weight is 327 g/mol. The molecule has 0 atom stereocenters. The molecule has 3 N–H and O–H groups in total. The predicted molar refractivity (Wildman–Crippen MR) is 62.0 cm³/mol. The zero-order valence-electron chi connectivity index (χ0n) is 7.09. The lowest BCUT2D eigenvalue weighted by Gasteiger charge is -2.06. The standard InChI is InChI=1S/C8H8ClIN2O2/c9-5-1-2-7(6(10)3-5)14-4-8(13)12-11/h1-3H,4,11H2,(H,12,13). The molecule has 4 nitrogen and oxygen atoms in total. The van der Waals surface area contributed by atoms with Gasteiger partial charge in [0.15, 0.2) is 6.61 Å². The Morgan fingerprint density at radius 1 is 1.64 bits per heavy atom. The van der Waals surface area contributed by atoms with Gasteiger partial charge in [0.1, 0.15) is 5.75 Å². The average Bonchev–Trinajstić information content (AvgIpc) is 2.16. The van der Waals surface area contributed by atoms with Crippen LogP contribution in [0.25, 0.3) is 0 Å². The molecule has 0 saturated carbocycles. The Bertz CT molecular complexity index is 346. The van der Waals surface area contributed by atoms with E-state index in [0.717, 1.165) is 3.57 Å². The van der Waals surface area contributed by atoms with Gasteiger partial charge in [-0.15, -0.1) is 0 Å². The van der Waals surface area contributed by atoms with Gasteiger partial charge in [0, 0.05) is 5.02 Å². The van der Waals surface area contributed by atoms with Crippen molar-refractivity contribution >= 4 is 40.1 Å². The molecule has 6 heteroatoms. The summed E-state index contributed by atoms with van der Waals surface area (Å²) in [5, 5.41) is 0.630. The number of hydrogen-bond acceptors (Lipinski definition) is 3. The summed E-state index contributed by atoms with van der Waals surface area (Å²) in [6.45, 7) is -0.103. The van der Waals surface area contributed by atoms with Crippen LogP contribution >= 0.6 is 34.2 Å². The molecule has 0 fully saturated rings. The van der Waals surface area contributed by atoms with Gasteiger partial charge in [-0.1, -0.05) is 11.6 Å². The zero-order valence-corrected chi connectivity index (χ0v) is 10.0. The van der Waals surface area contributed by atoms with Crippen molar-refractivity contribution in [3.63, 3.8) is 0 Å². The van der Waals surface area contributed by atoms with Gasteiger partial charge in [0.05, 0.1) is 3.57 Å². The number of nitrogens with one attached hydrogen (secondary N) is 1. The third-order valence-electron chi connectivity index (χ3n) is 1.41. The fourth-order valence-corrected chi connectivity index (χ4v) is 1.80. The molecular formula is C8H8ClIN2O2. The highest BCUT2D eigenvalue weighted by Crippen LogP contribution is 2.24. The molecule has 0 spiro atoms. The number of ether oxygens (including phenoxy) is 1. The van der Waals surface area contributed by atoms with E-state index < -0.39 is 0 Å². The van der Waals surface area contributed by atoms with Crippen molar-refractivity contribution in [2.24, 2.45) is 5.84 Å². The number of hydrazine groups is 1. The van der Waals surface area contributed by atoms with Gasteiger partial charge in [-0.05, 0) is 40.8 Å². The van der Waals surface area contributed by atoms with E-state index in [4.69, 9.17) is 22.2 Å². The Morgan fingerprint density at radius 3 is 2.93 bits per heavy atom. The molecule has 1 amide bonds. The number of nitrogens with two attached hydrogens (primary N) is 1. The third kappa shape index (κ3) is 3.32. The smallest absolute Gasteiger partial charge is 0.271 e. The summed E-state index contributed by atoms with van der Waals surface area (Å²) in [6, 6.07) is 5.14. The molecule has 0 aliphatic heterocycles. The summed E-state index contributed by atoms with van der Waals surface area (Å²) >= 11 is 7.82. The summed E-state index contributed by atoms with van der Waals surface area (Å²) in [6.07, 6.45) is 0.